The lowest BCUT2D eigenvalue weighted by molar-refractivity contribution is -0.132. The summed E-state index contributed by atoms with van der Waals surface area (Å²) in [7, 11) is 4.04. The summed E-state index contributed by atoms with van der Waals surface area (Å²) in [6, 6.07) is 14.2. The number of rotatable bonds is 8. The number of hydrogen-bond acceptors (Lipinski definition) is 4. The van der Waals surface area contributed by atoms with E-state index in [4.69, 9.17) is 4.74 Å². The molecule has 0 spiro atoms. The third kappa shape index (κ3) is 5.46. The molecule has 0 aliphatic rings. The molecule has 0 saturated heterocycles. The van der Waals surface area contributed by atoms with Crippen LogP contribution in [0.4, 0.5) is 0 Å². The Morgan fingerprint density at radius 3 is 2.57 bits per heavy atom. The van der Waals surface area contributed by atoms with E-state index in [0.29, 0.717) is 13.2 Å². The second kappa shape index (κ2) is 8.82. The van der Waals surface area contributed by atoms with Gasteiger partial charge in [0.1, 0.15) is 6.10 Å². The van der Waals surface area contributed by atoms with Gasteiger partial charge in [-0.3, -0.25) is 4.79 Å². The van der Waals surface area contributed by atoms with E-state index >= 15 is 0 Å². The topological polar surface area (TPSA) is 41.6 Å². The van der Waals surface area contributed by atoms with E-state index in [1.165, 1.54) is 4.88 Å². The maximum atomic E-state index is 12.2. The largest absolute Gasteiger partial charge is 0.364 e. The maximum Gasteiger partial charge on any atom is 0.248 e. The van der Waals surface area contributed by atoms with Gasteiger partial charge in [0.05, 0.1) is 12.6 Å². The van der Waals surface area contributed by atoms with Crippen LogP contribution in [0.2, 0.25) is 0 Å². The highest BCUT2D eigenvalue weighted by atomic mass is 32.1. The minimum absolute atomic E-state index is 0.0793. The third-order valence-corrected chi connectivity index (χ3v) is 4.65. The van der Waals surface area contributed by atoms with Gasteiger partial charge < -0.3 is 15.0 Å². The molecule has 0 radical (unpaired) electrons. The van der Waals surface area contributed by atoms with E-state index < -0.39 is 6.10 Å². The molecule has 2 aromatic rings. The molecule has 23 heavy (non-hydrogen) atoms. The lowest BCUT2D eigenvalue weighted by Gasteiger charge is -2.24. The zero-order valence-corrected chi connectivity index (χ0v) is 14.7. The SMILES string of the molecule is CC(OCc1ccccc1)C(=O)NCC(c1cccs1)N(C)C. The van der Waals surface area contributed by atoms with Gasteiger partial charge in [-0.25, -0.2) is 0 Å². The Labute approximate surface area is 142 Å². The maximum absolute atomic E-state index is 12.2. The molecular formula is C18H24N2O2S. The van der Waals surface area contributed by atoms with E-state index in [1.807, 2.05) is 50.5 Å². The number of carbonyl (C=O) groups excluding carboxylic acids is 1. The number of nitrogens with one attached hydrogen (secondary N) is 1. The van der Waals surface area contributed by atoms with Crippen LogP contribution in [-0.2, 0) is 16.1 Å². The monoisotopic (exact) mass is 332 g/mol. The van der Waals surface area contributed by atoms with Crippen molar-refractivity contribution < 1.29 is 9.53 Å². The van der Waals surface area contributed by atoms with Crippen molar-refractivity contribution in [1.29, 1.82) is 0 Å². The van der Waals surface area contributed by atoms with Crippen LogP contribution in [0, 0.1) is 0 Å². The average molecular weight is 332 g/mol. The van der Waals surface area contributed by atoms with Gasteiger partial charge in [0.2, 0.25) is 5.91 Å². The molecule has 1 heterocycles. The minimum atomic E-state index is -0.471. The van der Waals surface area contributed by atoms with Crippen molar-refractivity contribution in [3.63, 3.8) is 0 Å². The number of thiophene rings is 1. The number of ether oxygens (including phenoxy) is 1. The van der Waals surface area contributed by atoms with E-state index in [1.54, 1.807) is 18.3 Å². The molecule has 4 nitrogen and oxygen atoms in total. The minimum Gasteiger partial charge on any atom is -0.364 e. The standard InChI is InChI=1S/C18H24N2O2S/c1-14(22-13-15-8-5-4-6-9-15)18(21)19-12-16(20(2)3)17-10-7-11-23-17/h4-11,14,16H,12-13H2,1-3H3,(H,19,21). The van der Waals surface area contributed by atoms with Gasteiger partial charge >= 0.3 is 0 Å². The number of benzene rings is 1. The molecule has 1 N–H and O–H groups in total. The summed E-state index contributed by atoms with van der Waals surface area (Å²) in [6.45, 7) is 2.80. The number of likely N-dealkylation sites (N-methyl/N-ethyl adjacent to an activating group) is 1. The quantitative estimate of drug-likeness (QED) is 0.808. The van der Waals surface area contributed by atoms with Crippen molar-refractivity contribution in [3.05, 3.63) is 58.3 Å². The van der Waals surface area contributed by atoms with Gasteiger partial charge in [-0.15, -0.1) is 11.3 Å². The summed E-state index contributed by atoms with van der Waals surface area (Å²) in [4.78, 5) is 15.6. The molecule has 2 atom stereocenters. The highest BCUT2D eigenvalue weighted by Gasteiger charge is 2.19. The second-order valence-electron chi connectivity index (χ2n) is 5.68. The fourth-order valence-electron chi connectivity index (χ4n) is 2.23. The highest BCUT2D eigenvalue weighted by molar-refractivity contribution is 7.10. The average Bonchev–Trinajstić information content (AvgIpc) is 3.07. The fourth-order valence-corrected chi connectivity index (χ4v) is 3.15. The fraction of sp³-hybridized carbons (Fsp3) is 0.389. The van der Waals surface area contributed by atoms with Crippen LogP contribution in [0.5, 0.6) is 0 Å². The molecule has 0 aliphatic heterocycles. The zero-order valence-electron chi connectivity index (χ0n) is 13.9. The molecule has 2 rings (SSSR count). The molecular weight excluding hydrogens is 308 g/mol. The third-order valence-electron chi connectivity index (χ3n) is 3.68. The van der Waals surface area contributed by atoms with Crippen LogP contribution in [0.3, 0.4) is 0 Å². The Balaban J connectivity index is 1.81. The first-order valence-electron chi connectivity index (χ1n) is 7.71. The summed E-state index contributed by atoms with van der Waals surface area (Å²) in [5.74, 6) is -0.0793. The Bertz CT molecular complexity index is 584. The summed E-state index contributed by atoms with van der Waals surface area (Å²) in [5.41, 5.74) is 1.07. The van der Waals surface area contributed by atoms with E-state index in [9.17, 15) is 4.79 Å². The van der Waals surface area contributed by atoms with E-state index in [2.05, 4.69) is 21.7 Å². The summed E-state index contributed by atoms with van der Waals surface area (Å²) < 4.78 is 5.65. The molecule has 1 aromatic carbocycles. The lowest BCUT2D eigenvalue weighted by atomic mass is 10.2. The first kappa shape index (κ1) is 17.7. The van der Waals surface area contributed by atoms with Crippen LogP contribution >= 0.6 is 11.3 Å². The molecule has 1 aromatic heterocycles. The molecule has 0 saturated carbocycles. The van der Waals surface area contributed by atoms with Crippen LogP contribution in [0.15, 0.2) is 47.8 Å². The molecule has 0 fully saturated rings. The molecule has 0 aliphatic carbocycles. The van der Waals surface area contributed by atoms with Crippen molar-refractivity contribution in [2.24, 2.45) is 0 Å². The van der Waals surface area contributed by atoms with Gasteiger partial charge in [0.15, 0.2) is 0 Å². The van der Waals surface area contributed by atoms with Crippen LogP contribution in [0.25, 0.3) is 0 Å². The van der Waals surface area contributed by atoms with Crippen molar-refractivity contribution in [2.75, 3.05) is 20.6 Å². The summed E-state index contributed by atoms with van der Waals surface area (Å²) in [5, 5.41) is 5.04. The number of nitrogens with zero attached hydrogens (tertiary/aromatic N) is 1. The highest BCUT2D eigenvalue weighted by Crippen LogP contribution is 2.22. The Morgan fingerprint density at radius 2 is 1.96 bits per heavy atom. The zero-order chi connectivity index (χ0) is 16.7. The predicted octanol–water partition coefficient (Wildman–Crippen LogP) is 3.07. The summed E-state index contributed by atoms with van der Waals surface area (Å²) >= 11 is 1.70. The van der Waals surface area contributed by atoms with Crippen LogP contribution in [0.1, 0.15) is 23.4 Å². The number of hydrogen-bond donors (Lipinski definition) is 1. The molecule has 0 bridgehead atoms. The van der Waals surface area contributed by atoms with Crippen molar-refractivity contribution >= 4 is 17.2 Å². The van der Waals surface area contributed by atoms with Gasteiger partial charge in [-0.1, -0.05) is 36.4 Å². The van der Waals surface area contributed by atoms with Crippen LogP contribution in [-0.4, -0.2) is 37.6 Å². The molecule has 1 amide bonds. The predicted molar refractivity (Wildman–Crippen MR) is 94.4 cm³/mol. The Hall–Kier alpha value is -1.69. The number of carbonyl (C=O) groups is 1. The normalized spacial score (nSPS) is 13.7. The van der Waals surface area contributed by atoms with Crippen molar-refractivity contribution in [3.8, 4) is 0 Å². The Kier molecular flexibility index (Phi) is 6.77. The van der Waals surface area contributed by atoms with E-state index in [0.717, 1.165) is 5.56 Å². The van der Waals surface area contributed by atoms with E-state index in [-0.39, 0.29) is 11.9 Å². The first-order chi connectivity index (χ1) is 11.1. The summed E-state index contributed by atoms with van der Waals surface area (Å²) in [6.07, 6.45) is -0.471. The smallest absolute Gasteiger partial charge is 0.248 e. The lowest BCUT2D eigenvalue weighted by Crippen LogP contribution is -2.39. The van der Waals surface area contributed by atoms with Gasteiger partial charge in [0.25, 0.3) is 0 Å². The Morgan fingerprint density at radius 1 is 1.22 bits per heavy atom. The van der Waals surface area contributed by atoms with Crippen molar-refractivity contribution in [2.45, 2.75) is 25.7 Å². The molecule has 2 unspecified atom stereocenters. The van der Waals surface area contributed by atoms with Gasteiger partial charge in [0, 0.05) is 11.4 Å². The molecule has 5 heteroatoms. The van der Waals surface area contributed by atoms with Crippen molar-refractivity contribution in [1.82, 2.24) is 10.2 Å². The first-order valence-corrected chi connectivity index (χ1v) is 8.59. The van der Waals surface area contributed by atoms with Crippen LogP contribution < -0.4 is 5.32 Å². The molecule has 124 valence electrons. The number of amides is 1. The van der Waals surface area contributed by atoms with Gasteiger partial charge in [-0.05, 0) is 38.0 Å². The second-order valence-corrected chi connectivity index (χ2v) is 6.66. The van der Waals surface area contributed by atoms with Gasteiger partial charge in [-0.2, -0.15) is 0 Å².